The summed E-state index contributed by atoms with van der Waals surface area (Å²) in [4.78, 5) is 0. The standard InChI is InChI=1S/C12H25NO2/c1-5-12(4)10(13)8-11(12)15-7-6-14-9(2)3/h9-11H,5-8,13H2,1-4H3. The third-order valence-corrected chi connectivity index (χ3v) is 3.67. The van der Waals surface area contributed by atoms with Gasteiger partial charge in [-0.3, -0.25) is 0 Å². The quantitative estimate of drug-likeness (QED) is 0.689. The number of hydrogen-bond donors (Lipinski definition) is 1. The van der Waals surface area contributed by atoms with Crippen LogP contribution in [-0.4, -0.2) is 31.5 Å². The van der Waals surface area contributed by atoms with Gasteiger partial charge in [0.05, 0.1) is 25.4 Å². The van der Waals surface area contributed by atoms with Crippen LogP contribution in [0.4, 0.5) is 0 Å². The van der Waals surface area contributed by atoms with Crippen molar-refractivity contribution >= 4 is 0 Å². The van der Waals surface area contributed by atoms with Gasteiger partial charge in [-0.15, -0.1) is 0 Å². The molecule has 3 unspecified atom stereocenters. The Kier molecular flexibility index (Phi) is 4.56. The zero-order valence-electron chi connectivity index (χ0n) is 10.5. The fraction of sp³-hybridized carbons (Fsp3) is 1.00. The molecule has 0 aromatic rings. The molecule has 3 nitrogen and oxygen atoms in total. The van der Waals surface area contributed by atoms with Crippen molar-refractivity contribution in [2.24, 2.45) is 11.1 Å². The summed E-state index contributed by atoms with van der Waals surface area (Å²) in [6.07, 6.45) is 2.69. The first-order chi connectivity index (χ1) is 7.00. The summed E-state index contributed by atoms with van der Waals surface area (Å²) in [5, 5.41) is 0. The Morgan fingerprint density at radius 2 is 2.07 bits per heavy atom. The van der Waals surface area contributed by atoms with Crippen LogP contribution in [0.25, 0.3) is 0 Å². The molecule has 0 bridgehead atoms. The van der Waals surface area contributed by atoms with Crippen LogP contribution in [0.5, 0.6) is 0 Å². The fourth-order valence-corrected chi connectivity index (χ4v) is 2.07. The Bertz CT molecular complexity index is 196. The lowest BCUT2D eigenvalue weighted by molar-refractivity contribution is -0.131. The van der Waals surface area contributed by atoms with Gasteiger partial charge in [-0.05, 0) is 26.7 Å². The third kappa shape index (κ3) is 2.92. The molecule has 0 spiro atoms. The summed E-state index contributed by atoms with van der Waals surface area (Å²) in [5.41, 5.74) is 6.18. The molecule has 0 saturated heterocycles. The first-order valence-electron chi connectivity index (χ1n) is 5.99. The Hall–Kier alpha value is -0.120. The van der Waals surface area contributed by atoms with E-state index in [-0.39, 0.29) is 11.5 Å². The Labute approximate surface area is 93.3 Å². The lowest BCUT2D eigenvalue weighted by Gasteiger charge is -2.51. The molecule has 3 atom stereocenters. The van der Waals surface area contributed by atoms with E-state index in [1.54, 1.807) is 0 Å². The van der Waals surface area contributed by atoms with Crippen molar-refractivity contribution in [2.75, 3.05) is 13.2 Å². The van der Waals surface area contributed by atoms with Gasteiger partial charge in [-0.2, -0.15) is 0 Å². The first-order valence-corrected chi connectivity index (χ1v) is 5.99. The van der Waals surface area contributed by atoms with E-state index in [9.17, 15) is 0 Å². The minimum atomic E-state index is 0.178. The third-order valence-electron chi connectivity index (χ3n) is 3.67. The van der Waals surface area contributed by atoms with Crippen LogP contribution in [0, 0.1) is 5.41 Å². The van der Waals surface area contributed by atoms with Crippen molar-refractivity contribution in [1.29, 1.82) is 0 Å². The summed E-state index contributed by atoms with van der Waals surface area (Å²) in [7, 11) is 0. The van der Waals surface area contributed by atoms with Crippen molar-refractivity contribution in [3.05, 3.63) is 0 Å². The second-order valence-electron chi connectivity index (χ2n) is 4.98. The van der Waals surface area contributed by atoms with E-state index in [1.165, 1.54) is 0 Å². The van der Waals surface area contributed by atoms with Crippen LogP contribution >= 0.6 is 0 Å². The molecule has 2 N–H and O–H groups in total. The van der Waals surface area contributed by atoms with Gasteiger partial charge in [0.1, 0.15) is 0 Å². The van der Waals surface area contributed by atoms with Crippen LogP contribution in [0.2, 0.25) is 0 Å². The molecule has 1 aliphatic carbocycles. The smallest absolute Gasteiger partial charge is 0.0704 e. The SMILES string of the molecule is CCC1(C)C(N)CC1OCCOC(C)C. The molecule has 0 aromatic carbocycles. The average Bonchev–Trinajstić information content (AvgIpc) is 2.20. The molecule has 0 amide bonds. The summed E-state index contributed by atoms with van der Waals surface area (Å²) in [6, 6.07) is 0.304. The van der Waals surface area contributed by atoms with E-state index in [0.29, 0.717) is 25.4 Å². The molecule has 0 heterocycles. The number of rotatable bonds is 6. The predicted molar refractivity (Wildman–Crippen MR) is 61.8 cm³/mol. The first kappa shape index (κ1) is 12.9. The van der Waals surface area contributed by atoms with Gasteiger partial charge in [-0.25, -0.2) is 0 Å². The highest BCUT2D eigenvalue weighted by Gasteiger charge is 2.49. The van der Waals surface area contributed by atoms with Crippen LogP contribution in [0.1, 0.15) is 40.5 Å². The summed E-state index contributed by atoms with van der Waals surface area (Å²) in [5.74, 6) is 0. The van der Waals surface area contributed by atoms with Crippen molar-refractivity contribution < 1.29 is 9.47 Å². The lowest BCUT2D eigenvalue weighted by atomic mass is 9.62. The molecule has 0 aliphatic heterocycles. The summed E-state index contributed by atoms with van der Waals surface area (Å²) < 4.78 is 11.2. The van der Waals surface area contributed by atoms with Gasteiger partial charge >= 0.3 is 0 Å². The highest BCUT2D eigenvalue weighted by atomic mass is 16.5. The Morgan fingerprint density at radius 1 is 1.40 bits per heavy atom. The summed E-state index contributed by atoms with van der Waals surface area (Å²) >= 11 is 0. The highest BCUT2D eigenvalue weighted by Crippen LogP contribution is 2.44. The van der Waals surface area contributed by atoms with Gasteiger partial charge in [0.2, 0.25) is 0 Å². The average molecular weight is 215 g/mol. The maximum atomic E-state index is 6.00. The minimum Gasteiger partial charge on any atom is -0.376 e. The zero-order valence-corrected chi connectivity index (χ0v) is 10.5. The van der Waals surface area contributed by atoms with E-state index in [2.05, 4.69) is 13.8 Å². The minimum absolute atomic E-state index is 0.178. The van der Waals surface area contributed by atoms with Gasteiger partial charge in [0, 0.05) is 11.5 Å². The van der Waals surface area contributed by atoms with E-state index in [0.717, 1.165) is 12.8 Å². The Balaban J connectivity index is 2.18. The van der Waals surface area contributed by atoms with Gasteiger partial charge in [0.15, 0.2) is 0 Å². The van der Waals surface area contributed by atoms with Crippen LogP contribution in [0.3, 0.4) is 0 Å². The normalized spacial score (nSPS) is 35.6. The van der Waals surface area contributed by atoms with Crippen LogP contribution in [0.15, 0.2) is 0 Å². The van der Waals surface area contributed by atoms with Crippen molar-refractivity contribution in [3.63, 3.8) is 0 Å². The number of hydrogen-bond acceptors (Lipinski definition) is 3. The monoisotopic (exact) mass is 215 g/mol. The maximum Gasteiger partial charge on any atom is 0.0704 e. The molecule has 1 fully saturated rings. The van der Waals surface area contributed by atoms with Crippen molar-refractivity contribution in [2.45, 2.75) is 58.8 Å². The molecular weight excluding hydrogens is 190 g/mol. The maximum absolute atomic E-state index is 6.00. The van der Waals surface area contributed by atoms with E-state index in [1.807, 2.05) is 13.8 Å². The molecule has 15 heavy (non-hydrogen) atoms. The molecular formula is C12H25NO2. The lowest BCUT2D eigenvalue weighted by Crippen LogP contribution is -2.60. The van der Waals surface area contributed by atoms with Crippen molar-refractivity contribution in [1.82, 2.24) is 0 Å². The topological polar surface area (TPSA) is 44.5 Å². The second kappa shape index (κ2) is 5.28. The zero-order chi connectivity index (χ0) is 11.5. The Morgan fingerprint density at radius 3 is 2.53 bits per heavy atom. The van der Waals surface area contributed by atoms with Gasteiger partial charge < -0.3 is 15.2 Å². The van der Waals surface area contributed by atoms with E-state index >= 15 is 0 Å². The number of nitrogens with two attached hydrogens (primary N) is 1. The molecule has 1 aliphatic rings. The largest absolute Gasteiger partial charge is 0.376 e. The molecule has 1 rings (SSSR count). The predicted octanol–water partition coefficient (Wildman–Crippen LogP) is 1.94. The van der Waals surface area contributed by atoms with Crippen LogP contribution in [-0.2, 0) is 9.47 Å². The fourth-order valence-electron chi connectivity index (χ4n) is 2.07. The number of ether oxygens (including phenoxy) is 2. The molecule has 3 heteroatoms. The van der Waals surface area contributed by atoms with Gasteiger partial charge in [-0.1, -0.05) is 13.8 Å². The van der Waals surface area contributed by atoms with Crippen molar-refractivity contribution in [3.8, 4) is 0 Å². The molecule has 0 aromatic heterocycles. The second-order valence-corrected chi connectivity index (χ2v) is 4.98. The van der Waals surface area contributed by atoms with E-state index < -0.39 is 0 Å². The molecule has 0 radical (unpaired) electrons. The van der Waals surface area contributed by atoms with Crippen LogP contribution < -0.4 is 5.73 Å². The molecule has 1 saturated carbocycles. The highest BCUT2D eigenvalue weighted by molar-refractivity contribution is 5.02. The van der Waals surface area contributed by atoms with E-state index in [4.69, 9.17) is 15.2 Å². The summed E-state index contributed by atoms with van der Waals surface area (Å²) in [6.45, 7) is 9.84. The van der Waals surface area contributed by atoms with Gasteiger partial charge in [0.25, 0.3) is 0 Å². The molecule has 90 valence electrons.